The predicted molar refractivity (Wildman–Crippen MR) is 208 cm³/mol. The lowest BCUT2D eigenvalue weighted by Gasteiger charge is -2.31. The Kier molecular flexibility index (Phi) is 12.1. The summed E-state index contributed by atoms with van der Waals surface area (Å²) in [5, 5.41) is 10.2. The van der Waals surface area contributed by atoms with E-state index in [1.165, 1.54) is 16.2 Å². The minimum absolute atomic E-state index is 0.0756. The molecule has 0 saturated heterocycles. The molecule has 4 aromatic carbocycles. The van der Waals surface area contributed by atoms with E-state index in [1.54, 1.807) is 36.4 Å². The van der Waals surface area contributed by atoms with E-state index in [2.05, 4.69) is 16.0 Å². The van der Waals surface area contributed by atoms with E-state index in [-0.39, 0.29) is 25.9 Å². The van der Waals surface area contributed by atoms with Gasteiger partial charge in [0.05, 0.1) is 6.54 Å². The third kappa shape index (κ3) is 9.58. The van der Waals surface area contributed by atoms with Crippen LogP contribution < -0.4 is 31.3 Å². The van der Waals surface area contributed by atoms with Crippen LogP contribution in [-0.4, -0.2) is 60.8 Å². The summed E-state index contributed by atoms with van der Waals surface area (Å²) in [5.74, 6) is -2.65. The van der Waals surface area contributed by atoms with E-state index in [4.69, 9.17) is 10.5 Å². The van der Waals surface area contributed by atoms with Gasteiger partial charge in [-0.3, -0.25) is 28.9 Å². The fourth-order valence-corrected chi connectivity index (χ4v) is 7.10. The van der Waals surface area contributed by atoms with Crippen LogP contribution in [0.15, 0.2) is 121 Å². The van der Waals surface area contributed by atoms with Gasteiger partial charge in [0.15, 0.2) is 6.61 Å². The number of fused-ring (bicyclic) bond motifs is 16. The van der Waals surface area contributed by atoms with Crippen molar-refractivity contribution in [3.63, 3.8) is 0 Å². The molecule has 0 spiro atoms. The van der Waals surface area contributed by atoms with E-state index in [0.29, 0.717) is 17.0 Å². The molecule has 11 nitrogen and oxygen atoms in total. The molecule has 12 heteroatoms. The van der Waals surface area contributed by atoms with Gasteiger partial charge in [-0.1, -0.05) is 91.0 Å². The molecule has 0 radical (unpaired) electrons. The third-order valence-corrected chi connectivity index (χ3v) is 10.1. The number of para-hydroxylation sites is 1. The highest BCUT2D eigenvalue weighted by atomic mass is 32.1. The lowest BCUT2D eigenvalue weighted by molar-refractivity contribution is -0.133. The van der Waals surface area contributed by atoms with E-state index in [1.807, 2.05) is 91.2 Å². The number of nitrogens with zero attached hydrogens (tertiary/aromatic N) is 1. The number of rotatable bonds is 7. The van der Waals surface area contributed by atoms with Crippen molar-refractivity contribution >= 4 is 46.6 Å². The number of anilines is 1. The number of aryl methyl sites for hydroxylation is 1. The predicted octanol–water partition coefficient (Wildman–Crippen LogP) is 4.12. The molecule has 276 valence electrons. The highest BCUT2D eigenvalue weighted by Crippen LogP contribution is 2.25. The van der Waals surface area contributed by atoms with E-state index < -0.39 is 54.2 Å². The van der Waals surface area contributed by atoms with Gasteiger partial charge in [0, 0.05) is 29.8 Å². The average molecular weight is 744 g/mol. The third-order valence-electron chi connectivity index (χ3n) is 9.19. The van der Waals surface area contributed by atoms with Crippen LogP contribution in [0.1, 0.15) is 21.6 Å². The summed E-state index contributed by atoms with van der Waals surface area (Å²) >= 11 is 1.44. The Morgan fingerprint density at radius 2 is 1.46 bits per heavy atom. The Morgan fingerprint density at radius 1 is 0.778 bits per heavy atom. The smallest absolute Gasteiger partial charge is 0.258 e. The van der Waals surface area contributed by atoms with E-state index in [9.17, 15) is 24.0 Å². The lowest BCUT2D eigenvalue weighted by atomic mass is 10.00. The molecule has 0 aliphatic carbocycles. The van der Waals surface area contributed by atoms with Crippen LogP contribution in [-0.2, 0) is 43.2 Å². The van der Waals surface area contributed by atoms with Crippen molar-refractivity contribution in [2.24, 2.45) is 5.73 Å². The number of nitrogens with one attached hydrogen (secondary N) is 3. The molecule has 0 unspecified atom stereocenters. The first-order valence-corrected chi connectivity index (χ1v) is 18.5. The molecule has 2 aliphatic heterocycles. The first-order chi connectivity index (χ1) is 26.1. The van der Waals surface area contributed by atoms with Crippen molar-refractivity contribution in [2.75, 3.05) is 18.1 Å². The van der Waals surface area contributed by atoms with Crippen molar-refractivity contribution in [2.45, 2.75) is 44.3 Å². The molecule has 2 aliphatic rings. The number of benzene rings is 4. The summed E-state index contributed by atoms with van der Waals surface area (Å²) in [7, 11) is 0. The second kappa shape index (κ2) is 17.5. The van der Waals surface area contributed by atoms with Crippen LogP contribution in [0.3, 0.4) is 0 Å². The Hall–Kier alpha value is -6.27. The fourth-order valence-electron chi connectivity index (χ4n) is 6.35. The molecule has 5 aromatic rings. The zero-order chi connectivity index (χ0) is 38.0. The first kappa shape index (κ1) is 37.5. The Labute approximate surface area is 317 Å². The van der Waals surface area contributed by atoms with Gasteiger partial charge in [0.2, 0.25) is 23.6 Å². The zero-order valence-corrected chi connectivity index (χ0v) is 30.5. The van der Waals surface area contributed by atoms with Gasteiger partial charge in [0.1, 0.15) is 23.9 Å². The molecule has 0 fully saturated rings. The molecule has 5 amide bonds. The SMILES string of the molecule is Cc1ccccc1N1C(=O)CNC(=O)[C@H](Cc2ccc(-c3ccccc3)cc2)NC(=O)[C@H](Cc2cccs2)NC(=O)COc2ccc(cc2)C[C@H]1C(N)=O. The maximum absolute atomic E-state index is 14.1. The van der Waals surface area contributed by atoms with Gasteiger partial charge in [-0.25, -0.2) is 0 Å². The van der Waals surface area contributed by atoms with Crippen LogP contribution in [0, 0.1) is 6.92 Å². The molecular formula is C42H41N5O6S. The lowest BCUT2D eigenvalue weighted by Crippen LogP contribution is -2.57. The van der Waals surface area contributed by atoms with Crippen LogP contribution in [0.25, 0.3) is 11.1 Å². The van der Waals surface area contributed by atoms with Crippen LogP contribution in [0.4, 0.5) is 5.69 Å². The van der Waals surface area contributed by atoms with Crippen LogP contribution in [0.5, 0.6) is 5.75 Å². The number of hydrogen-bond acceptors (Lipinski definition) is 7. The Bertz CT molecular complexity index is 2090. The second-order valence-corrected chi connectivity index (χ2v) is 14.1. The van der Waals surface area contributed by atoms with Gasteiger partial charge in [0.25, 0.3) is 5.91 Å². The van der Waals surface area contributed by atoms with Crippen molar-refractivity contribution in [1.82, 2.24) is 16.0 Å². The van der Waals surface area contributed by atoms with Gasteiger partial charge >= 0.3 is 0 Å². The highest BCUT2D eigenvalue weighted by molar-refractivity contribution is 7.09. The van der Waals surface area contributed by atoms with Crippen molar-refractivity contribution < 1.29 is 28.7 Å². The largest absolute Gasteiger partial charge is 0.484 e. The Morgan fingerprint density at radius 3 is 2.15 bits per heavy atom. The van der Waals surface area contributed by atoms with Gasteiger partial charge in [-0.15, -0.1) is 11.3 Å². The van der Waals surface area contributed by atoms with Crippen molar-refractivity contribution in [1.29, 1.82) is 0 Å². The summed E-state index contributed by atoms with van der Waals surface area (Å²) in [5.41, 5.74) is 10.6. The minimum Gasteiger partial charge on any atom is -0.484 e. The standard InChI is InChI=1S/C42H41N5O6S/c1-27-8-5-6-12-36(27)47-37(40(43)50)23-29-15-19-32(20-16-29)53-26-38(48)45-35(24-33-11-7-21-54-33)42(52)46-34(41(51)44-25-39(47)49)22-28-13-17-31(18-14-28)30-9-3-2-4-10-30/h2-21,34-35,37H,22-26H2,1H3,(H2,43,50)(H,44,51)(H,45,48)(H,46,52)/t34-,35-,37-/m0/s1. The number of primary amides is 1. The summed E-state index contributed by atoms with van der Waals surface area (Å²) in [6, 6.07) is 31.8. The van der Waals surface area contributed by atoms with Crippen LogP contribution in [0.2, 0.25) is 0 Å². The topological polar surface area (TPSA) is 160 Å². The monoisotopic (exact) mass is 743 g/mol. The summed E-state index contributed by atoms with van der Waals surface area (Å²) in [6.45, 7) is 0.958. The maximum Gasteiger partial charge on any atom is 0.258 e. The molecule has 7 rings (SSSR count). The van der Waals surface area contributed by atoms with Gasteiger partial charge < -0.3 is 26.4 Å². The molecular weight excluding hydrogens is 703 g/mol. The quantitative estimate of drug-likeness (QED) is 0.184. The number of amides is 5. The molecule has 1 aromatic heterocycles. The molecule has 5 N–H and O–H groups in total. The van der Waals surface area contributed by atoms with Crippen LogP contribution >= 0.6 is 11.3 Å². The van der Waals surface area contributed by atoms with Crippen molar-refractivity contribution in [3.05, 3.63) is 142 Å². The number of nitrogens with two attached hydrogens (primary N) is 1. The second-order valence-electron chi connectivity index (χ2n) is 13.1. The zero-order valence-electron chi connectivity index (χ0n) is 29.7. The number of carbonyl (C=O) groups excluding carboxylic acids is 5. The fraction of sp³-hybridized carbons (Fsp3) is 0.214. The first-order valence-electron chi connectivity index (χ1n) is 17.6. The number of hydrogen-bond donors (Lipinski definition) is 4. The molecule has 3 heterocycles. The summed E-state index contributed by atoms with van der Waals surface area (Å²) < 4.78 is 5.75. The number of ether oxygens (including phenoxy) is 1. The number of thiophene rings is 1. The highest BCUT2D eigenvalue weighted by Gasteiger charge is 2.33. The van der Waals surface area contributed by atoms with E-state index >= 15 is 0 Å². The molecule has 54 heavy (non-hydrogen) atoms. The number of carbonyl (C=O) groups is 5. The van der Waals surface area contributed by atoms with Crippen molar-refractivity contribution in [3.8, 4) is 16.9 Å². The summed E-state index contributed by atoms with van der Waals surface area (Å²) in [6.07, 6.45) is 0.345. The van der Waals surface area contributed by atoms with E-state index in [0.717, 1.165) is 27.1 Å². The van der Waals surface area contributed by atoms with Gasteiger partial charge in [-0.05, 0) is 64.4 Å². The molecule has 3 atom stereocenters. The normalized spacial score (nSPS) is 18.7. The molecule has 0 saturated carbocycles. The molecule has 2 bridgehead atoms. The minimum atomic E-state index is -1.14. The Balaban J connectivity index is 1.33. The summed E-state index contributed by atoms with van der Waals surface area (Å²) in [4.78, 5) is 70.6. The average Bonchev–Trinajstić information content (AvgIpc) is 3.70. The maximum atomic E-state index is 14.1. The van der Waals surface area contributed by atoms with Gasteiger partial charge in [-0.2, -0.15) is 0 Å².